The van der Waals surface area contributed by atoms with Crippen LogP contribution in [0.25, 0.3) is 11.6 Å². The summed E-state index contributed by atoms with van der Waals surface area (Å²) in [4.78, 5) is 9.94. The number of aromatic nitrogens is 4. The molecule has 0 spiro atoms. The second-order valence-corrected chi connectivity index (χ2v) is 10.6. The van der Waals surface area contributed by atoms with Gasteiger partial charge in [-0.3, -0.25) is 0 Å². The van der Waals surface area contributed by atoms with Gasteiger partial charge in [0.15, 0.2) is 0 Å². The number of hydrogen-bond donors (Lipinski definition) is 0. The van der Waals surface area contributed by atoms with Crippen molar-refractivity contribution >= 4 is 0 Å². The van der Waals surface area contributed by atoms with Gasteiger partial charge in [-0.2, -0.15) is 0 Å². The van der Waals surface area contributed by atoms with Crippen molar-refractivity contribution in [3.8, 4) is 11.6 Å². The molecule has 4 aromatic heterocycles. The fourth-order valence-electron chi connectivity index (χ4n) is 5.48. The maximum absolute atomic E-state index is 5.01. The fraction of sp³-hybridized carbons (Fsp3) is 0.294. The van der Waals surface area contributed by atoms with Gasteiger partial charge in [0.25, 0.3) is 0 Å². The van der Waals surface area contributed by atoms with Gasteiger partial charge in [-0.25, -0.2) is 9.97 Å². The SMILES string of the molecule is Cc1cc(CCc2cccc(CCc3ccc(-n4c(C)ccc4C)nc3C)c2)nc(-n2c(C)ccc2C)c1. The van der Waals surface area contributed by atoms with E-state index >= 15 is 0 Å². The van der Waals surface area contributed by atoms with Crippen molar-refractivity contribution in [1.29, 1.82) is 0 Å². The first-order valence-corrected chi connectivity index (χ1v) is 13.6. The lowest BCUT2D eigenvalue weighted by Crippen LogP contribution is -2.06. The summed E-state index contributed by atoms with van der Waals surface area (Å²) in [5.74, 6) is 2.02. The van der Waals surface area contributed by atoms with Gasteiger partial charge in [0, 0.05) is 34.2 Å². The summed E-state index contributed by atoms with van der Waals surface area (Å²) in [5, 5.41) is 0. The summed E-state index contributed by atoms with van der Waals surface area (Å²) >= 11 is 0. The molecule has 1 aromatic carbocycles. The molecule has 0 unspecified atom stereocenters. The largest absolute Gasteiger partial charge is 0.303 e. The Kier molecular flexibility index (Phi) is 7.33. The van der Waals surface area contributed by atoms with E-state index in [1.54, 1.807) is 0 Å². The zero-order valence-electron chi connectivity index (χ0n) is 23.5. The molecule has 4 heterocycles. The van der Waals surface area contributed by atoms with E-state index < -0.39 is 0 Å². The molecule has 38 heavy (non-hydrogen) atoms. The highest BCUT2D eigenvalue weighted by molar-refractivity contribution is 5.37. The Morgan fingerprint density at radius 2 is 1.11 bits per heavy atom. The minimum Gasteiger partial charge on any atom is -0.303 e. The number of rotatable bonds is 8. The van der Waals surface area contributed by atoms with Crippen molar-refractivity contribution in [3.05, 3.63) is 129 Å². The Balaban J connectivity index is 1.25. The lowest BCUT2D eigenvalue weighted by atomic mass is 9.99. The van der Waals surface area contributed by atoms with Crippen LogP contribution >= 0.6 is 0 Å². The van der Waals surface area contributed by atoms with Crippen LogP contribution in [0, 0.1) is 41.5 Å². The van der Waals surface area contributed by atoms with E-state index in [1.807, 2.05) is 0 Å². The van der Waals surface area contributed by atoms with E-state index in [4.69, 9.17) is 9.97 Å². The third kappa shape index (κ3) is 5.50. The molecule has 0 atom stereocenters. The van der Waals surface area contributed by atoms with Crippen molar-refractivity contribution in [2.24, 2.45) is 0 Å². The van der Waals surface area contributed by atoms with Crippen LogP contribution in [0.1, 0.15) is 56.4 Å². The number of hydrogen-bond acceptors (Lipinski definition) is 2. The Bertz CT molecular complexity index is 1550. The van der Waals surface area contributed by atoms with E-state index in [0.29, 0.717) is 0 Å². The molecule has 0 bridgehead atoms. The minimum absolute atomic E-state index is 0.931. The van der Waals surface area contributed by atoms with Crippen molar-refractivity contribution in [2.75, 3.05) is 0 Å². The Hall–Kier alpha value is -3.92. The van der Waals surface area contributed by atoms with Crippen molar-refractivity contribution in [2.45, 2.75) is 67.2 Å². The predicted molar refractivity (Wildman–Crippen MR) is 157 cm³/mol. The van der Waals surface area contributed by atoms with E-state index in [2.05, 4.69) is 123 Å². The molecule has 4 nitrogen and oxygen atoms in total. The monoisotopic (exact) mass is 502 g/mol. The van der Waals surface area contributed by atoms with Gasteiger partial charge in [-0.05, 0) is 132 Å². The number of aryl methyl sites for hydroxylation is 10. The summed E-state index contributed by atoms with van der Waals surface area (Å²) in [5.41, 5.74) is 12.4. The standard InChI is InChI=1S/C34H38N4/c1-23-20-32(36-34(21-23)38-26(4)12-13-27(38)5)18-15-30-9-7-8-29(22-30)14-16-31-17-19-33(35-28(31)6)37-24(2)10-11-25(37)3/h7-13,17,19-22H,14-16,18H2,1-6H3. The third-order valence-electron chi connectivity index (χ3n) is 7.53. The lowest BCUT2D eigenvalue weighted by molar-refractivity contribution is 0.857. The fourth-order valence-corrected chi connectivity index (χ4v) is 5.48. The van der Waals surface area contributed by atoms with Crippen LogP contribution in [0.4, 0.5) is 0 Å². The number of nitrogens with zero attached hydrogens (tertiary/aromatic N) is 4. The minimum atomic E-state index is 0.931. The van der Waals surface area contributed by atoms with Crippen molar-refractivity contribution < 1.29 is 0 Å². The van der Waals surface area contributed by atoms with Crippen LogP contribution in [0.15, 0.2) is 72.8 Å². The van der Waals surface area contributed by atoms with Crippen LogP contribution in [-0.2, 0) is 25.7 Å². The molecule has 0 saturated carbocycles. The molecule has 0 fully saturated rings. The molecule has 0 radical (unpaired) electrons. The maximum Gasteiger partial charge on any atom is 0.137 e. The number of benzene rings is 1. The van der Waals surface area contributed by atoms with Crippen molar-refractivity contribution in [3.63, 3.8) is 0 Å². The van der Waals surface area contributed by atoms with E-state index in [9.17, 15) is 0 Å². The molecular weight excluding hydrogens is 464 g/mol. The molecular formula is C34H38N4. The summed E-state index contributed by atoms with van der Waals surface area (Å²) < 4.78 is 4.45. The molecule has 5 aromatic rings. The maximum atomic E-state index is 5.01. The van der Waals surface area contributed by atoms with Crippen molar-refractivity contribution in [1.82, 2.24) is 19.1 Å². The highest BCUT2D eigenvalue weighted by atomic mass is 15.1. The van der Waals surface area contributed by atoms with Gasteiger partial charge in [0.05, 0.1) is 0 Å². The van der Waals surface area contributed by atoms with Gasteiger partial charge in [0.1, 0.15) is 11.6 Å². The molecule has 0 aliphatic rings. The topological polar surface area (TPSA) is 35.6 Å². The van der Waals surface area contributed by atoms with Gasteiger partial charge < -0.3 is 9.13 Å². The molecule has 5 rings (SSSR count). The molecule has 4 heteroatoms. The molecule has 0 saturated heterocycles. The first-order chi connectivity index (χ1) is 18.3. The Morgan fingerprint density at radius 3 is 1.71 bits per heavy atom. The summed E-state index contributed by atoms with van der Waals surface area (Å²) in [6.45, 7) is 12.8. The Morgan fingerprint density at radius 1 is 0.526 bits per heavy atom. The molecule has 194 valence electrons. The van der Waals surface area contributed by atoms with Gasteiger partial charge in [0.2, 0.25) is 0 Å². The Labute approximate surface area is 227 Å². The van der Waals surface area contributed by atoms with Crippen LogP contribution in [0.5, 0.6) is 0 Å². The molecule has 0 aliphatic heterocycles. The molecule has 0 aliphatic carbocycles. The summed E-state index contributed by atoms with van der Waals surface area (Å²) in [6.07, 6.45) is 3.92. The van der Waals surface area contributed by atoms with Gasteiger partial charge in [-0.15, -0.1) is 0 Å². The molecule has 0 amide bonds. The third-order valence-corrected chi connectivity index (χ3v) is 7.53. The number of pyridine rings is 2. The zero-order chi connectivity index (χ0) is 26.8. The van der Waals surface area contributed by atoms with Crippen LogP contribution in [0.2, 0.25) is 0 Å². The summed E-state index contributed by atoms with van der Waals surface area (Å²) in [7, 11) is 0. The lowest BCUT2D eigenvalue weighted by Gasteiger charge is -2.13. The predicted octanol–water partition coefficient (Wildman–Crippen LogP) is 7.48. The highest BCUT2D eigenvalue weighted by Crippen LogP contribution is 2.20. The van der Waals surface area contributed by atoms with Crippen LogP contribution < -0.4 is 0 Å². The second kappa shape index (κ2) is 10.8. The summed E-state index contributed by atoms with van der Waals surface area (Å²) in [6, 6.07) is 26.4. The van der Waals surface area contributed by atoms with E-state index in [1.165, 1.54) is 45.0 Å². The van der Waals surface area contributed by atoms with E-state index in [-0.39, 0.29) is 0 Å². The van der Waals surface area contributed by atoms with Crippen LogP contribution in [-0.4, -0.2) is 19.1 Å². The molecule has 0 N–H and O–H groups in total. The smallest absolute Gasteiger partial charge is 0.137 e. The first kappa shape index (κ1) is 25.7. The normalized spacial score (nSPS) is 11.3. The van der Waals surface area contributed by atoms with Gasteiger partial charge in [-0.1, -0.05) is 30.3 Å². The highest BCUT2D eigenvalue weighted by Gasteiger charge is 2.10. The quantitative estimate of drug-likeness (QED) is 0.220. The average molecular weight is 503 g/mol. The van der Waals surface area contributed by atoms with E-state index in [0.717, 1.165) is 48.7 Å². The zero-order valence-corrected chi connectivity index (χ0v) is 23.5. The first-order valence-electron chi connectivity index (χ1n) is 13.6. The second-order valence-electron chi connectivity index (χ2n) is 10.6. The van der Waals surface area contributed by atoms with Gasteiger partial charge >= 0.3 is 0 Å². The average Bonchev–Trinajstić information content (AvgIpc) is 3.41. The van der Waals surface area contributed by atoms with Crippen LogP contribution in [0.3, 0.4) is 0 Å².